The van der Waals surface area contributed by atoms with Gasteiger partial charge in [-0.3, -0.25) is 4.79 Å². The fraction of sp³-hybridized carbons (Fsp3) is 0.438. The summed E-state index contributed by atoms with van der Waals surface area (Å²) in [5.41, 5.74) is 0.967. The minimum Gasteiger partial charge on any atom is -0.396 e. The van der Waals surface area contributed by atoms with E-state index in [1.54, 1.807) is 6.08 Å². The molecule has 1 aliphatic rings. The second-order valence-corrected chi connectivity index (χ2v) is 5.51. The number of carbonyl (C=O) groups is 1. The number of halogens is 1. The SMILES string of the molecule is O=C(C=Cc1ccc(Cl)cc1)N1CCCC1CCCO. The number of aliphatic hydroxyl groups excluding tert-OH is 1. The molecule has 20 heavy (non-hydrogen) atoms. The van der Waals surface area contributed by atoms with Crippen molar-refractivity contribution in [3.63, 3.8) is 0 Å². The summed E-state index contributed by atoms with van der Waals surface area (Å²) in [5.74, 6) is 0.0559. The Morgan fingerprint density at radius 1 is 1.40 bits per heavy atom. The Morgan fingerprint density at radius 3 is 2.85 bits per heavy atom. The van der Waals surface area contributed by atoms with Gasteiger partial charge in [0.1, 0.15) is 0 Å². The molecular formula is C16H20ClNO2. The van der Waals surface area contributed by atoms with Crippen LogP contribution < -0.4 is 0 Å². The Labute approximate surface area is 124 Å². The van der Waals surface area contributed by atoms with E-state index in [1.165, 1.54) is 0 Å². The third-order valence-electron chi connectivity index (χ3n) is 3.64. The molecule has 1 aromatic rings. The normalized spacial score (nSPS) is 18.9. The lowest BCUT2D eigenvalue weighted by Crippen LogP contribution is -2.34. The number of rotatable bonds is 5. The number of carbonyl (C=O) groups excluding carboxylic acids is 1. The lowest BCUT2D eigenvalue weighted by molar-refractivity contribution is -0.126. The van der Waals surface area contributed by atoms with Crippen LogP contribution in [0.3, 0.4) is 0 Å². The van der Waals surface area contributed by atoms with Crippen molar-refractivity contribution in [1.82, 2.24) is 4.90 Å². The van der Waals surface area contributed by atoms with Crippen molar-refractivity contribution < 1.29 is 9.90 Å². The third kappa shape index (κ3) is 4.09. The summed E-state index contributed by atoms with van der Waals surface area (Å²) in [5, 5.41) is 9.59. The van der Waals surface area contributed by atoms with Gasteiger partial charge in [-0.2, -0.15) is 0 Å². The standard InChI is InChI=1S/C16H20ClNO2/c17-14-8-5-13(6-9-14)7-10-16(20)18-11-1-3-15(18)4-2-12-19/h5-10,15,19H,1-4,11-12H2. The Morgan fingerprint density at radius 2 is 2.15 bits per heavy atom. The number of hydrogen-bond donors (Lipinski definition) is 1. The quantitative estimate of drug-likeness (QED) is 0.848. The largest absolute Gasteiger partial charge is 0.396 e. The summed E-state index contributed by atoms with van der Waals surface area (Å²) in [6, 6.07) is 7.68. The van der Waals surface area contributed by atoms with E-state index in [4.69, 9.17) is 16.7 Å². The molecule has 1 N–H and O–H groups in total. The summed E-state index contributed by atoms with van der Waals surface area (Å²) in [6.45, 7) is 1.01. The molecule has 0 aromatic heterocycles. The molecule has 1 heterocycles. The molecule has 1 aliphatic heterocycles. The number of hydrogen-bond acceptors (Lipinski definition) is 2. The monoisotopic (exact) mass is 293 g/mol. The van der Waals surface area contributed by atoms with Crippen LogP contribution in [-0.4, -0.2) is 35.1 Å². The van der Waals surface area contributed by atoms with Gasteiger partial charge in [0, 0.05) is 30.3 Å². The molecule has 4 heteroatoms. The molecule has 3 nitrogen and oxygen atoms in total. The van der Waals surface area contributed by atoms with Crippen LogP contribution in [-0.2, 0) is 4.79 Å². The molecule has 1 saturated heterocycles. The number of benzene rings is 1. The molecule has 0 spiro atoms. The molecule has 1 atom stereocenters. The van der Waals surface area contributed by atoms with Crippen molar-refractivity contribution in [2.75, 3.05) is 13.2 Å². The average Bonchev–Trinajstić information content (AvgIpc) is 2.92. The van der Waals surface area contributed by atoms with E-state index < -0.39 is 0 Å². The van der Waals surface area contributed by atoms with Gasteiger partial charge in [0.15, 0.2) is 0 Å². The fourth-order valence-electron chi connectivity index (χ4n) is 2.59. The third-order valence-corrected chi connectivity index (χ3v) is 3.90. The van der Waals surface area contributed by atoms with Crippen LogP contribution in [0.1, 0.15) is 31.2 Å². The predicted molar refractivity (Wildman–Crippen MR) is 81.5 cm³/mol. The molecular weight excluding hydrogens is 274 g/mol. The van der Waals surface area contributed by atoms with Gasteiger partial charge < -0.3 is 10.0 Å². The maximum Gasteiger partial charge on any atom is 0.246 e. The maximum atomic E-state index is 12.2. The van der Waals surface area contributed by atoms with Crippen LogP contribution in [0, 0.1) is 0 Å². The van der Waals surface area contributed by atoms with Gasteiger partial charge in [-0.1, -0.05) is 23.7 Å². The Balaban J connectivity index is 1.94. The molecule has 1 unspecified atom stereocenters. The molecule has 1 aromatic carbocycles. The van der Waals surface area contributed by atoms with Crippen LogP contribution in [0.25, 0.3) is 6.08 Å². The topological polar surface area (TPSA) is 40.5 Å². The predicted octanol–water partition coefficient (Wildman–Crippen LogP) is 3.12. The van der Waals surface area contributed by atoms with Crippen LogP contribution in [0.4, 0.5) is 0 Å². The zero-order valence-corrected chi connectivity index (χ0v) is 12.2. The van der Waals surface area contributed by atoms with Crippen LogP contribution >= 0.6 is 11.6 Å². The first-order valence-corrected chi connectivity index (χ1v) is 7.43. The minimum absolute atomic E-state index is 0.0559. The van der Waals surface area contributed by atoms with E-state index in [1.807, 2.05) is 35.2 Å². The fourth-order valence-corrected chi connectivity index (χ4v) is 2.72. The van der Waals surface area contributed by atoms with Gasteiger partial charge >= 0.3 is 0 Å². The molecule has 108 valence electrons. The van der Waals surface area contributed by atoms with Crippen molar-refractivity contribution in [2.45, 2.75) is 31.7 Å². The van der Waals surface area contributed by atoms with Crippen LogP contribution in [0.5, 0.6) is 0 Å². The Hall–Kier alpha value is -1.32. The van der Waals surface area contributed by atoms with Crippen LogP contribution in [0.15, 0.2) is 30.3 Å². The molecule has 0 aliphatic carbocycles. The molecule has 0 saturated carbocycles. The molecule has 0 bridgehead atoms. The first-order chi connectivity index (χ1) is 9.70. The molecule has 2 rings (SSSR count). The molecule has 1 amide bonds. The second kappa shape index (κ2) is 7.46. The van der Waals surface area contributed by atoms with Gasteiger partial charge in [-0.05, 0) is 49.5 Å². The highest BCUT2D eigenvalue weighted by molar-refractivity contribution is 6.30. The minimum atomic E-state index is 0.0559. The van der Waals surface area contributed by atoms with Crippen LogP contribution in [0.2, 0.25) is 5.02 Å². The lowest BCUT2D eigenvalue weighted by Gasteiger charge is -2.23. The zero-order valence-electron chi connectivity index (χ0n) is 11.5. The number of nitrogens with zero attached hydrogens (tertiary/aromatic N) is 1. The van der Waals surface area contributed by atoms with E-state index >= 15 is 0 Å². The highest BCUT2D eigenvalue weighted by atomic mass is 35.5. The van der Waals surface area contributed by atoms with Gasteiger partial charge in [0.05, 0.1) is 0 Å². The van der Waals surface area contributed by atoms with Crippen molar-refractivity contribution in [1.29, 1.82) is 0 Å². The van der Waals surface area contributed by atoms with Gasteiger partial charge in [-0.25, -0.2) is 0 Å². The summed E-state index contributed by atoms with van der Waals surface area (Å²) >= 11 is 5.83. The van der Waals surface area contributed by atoms with Crippen molar-refractivity contribution in [2.24, 2.45) is 0 Å². The molecule has 0 radical (unpaired) electrons. The van der Waals surface area contributed by atoms with E-state index in [0.717, 1.165) is 37.8 Å². The second-order valence-electron chi connectivity index (χ2n) is 5.08. The smallest absolute Gasteiger partial charge is 0.246 e. The van der Waals surface area contributed by atoms with E-state index in [9.17, 15) is 4.79 Å². The Kier molecular flexibility index (Phi) is 5.62. The maximum absolute atomic E-state index is 12.2. The average molecular weight is 294 g/mol. The highest BCUT2D eigenvalue weighted by Crippen LogP contribution is 2.22. The first-order valence-electron chi connectivity index (χ1n) is 7.06. The van der Waals surface area contributed by atoms with Gasteiger partial charge in [0.2, 0.25) is 5.91 Å². The van der Waals surface area contributed by atoms with Gasteiger partial charge in [0.25, 0.3) is 0 Å². The Bertz CT molecular complexity index is 470. The summed E-state index contributed by atoms with van der Waals surface area (Å²) in [7, 11) is 0. The number of aliphatic hydroxyl groups is 1. The number of amides is 1. The summed E-state index contributed by atoms with van der Waals surface area (Å²) < 4.78 is 0. The summed E-state index contributed by atoms with van der Waals surface area (Å²) in [6.07, 6.45) is 7.18. The van der Waals surface area contributed by atoms with Gasteiger partial charge in [-0.15, -0.1) is 0 Å². The van der Waals surface area contributed by atoms with E-state index in [-0.39, 0.29) is 18.6 Å². The molecule has 1 fully saturated rings. The van der Waals surface area contributed by atoms with Crippen molar-refractivity contribution >= 4 is 23.6 Å². The lowest BCUT2D eigenvalue weighted by atomic mass is 10.1. The van der Waals surface area contributed by atoms with E-state index in [2.05, 4.69) is 0 Å². The zero-order chi connectivity index (χ0) is 14.4. The van der Waals surface area contributed by atoms with Crippen molar-refractivity contribution in [3.05, 3.63) is 40.9 Å². The number of likely N-dealkylation sites (tertiary alicyclic amines) is 1. The highest BCUT2D eigenvalue weighted by Gasteiger charge is 2.26. The first kappa shape index (κ1) is 15.1. The van der Waals surface area contributed by atoms with Crippen molar-refractivity contribution in [3.8, 4) is 0 Å². The summed E-state index contributed by atoms with van der Waals surface area (Å²) in [4.78, 5) is 14.1. The van der Waals surface area contributed by atoms with E-state index in [0.29, 0.717) is 5.02 Å².